The fourth-order valence-corrected chi connectivity index (χ4v) is 1.87. The Labute approximate surface area is 102 Å². The van der Waals surface area contributed by atoms with Crippen LogP contribution in [0.4, 0.5) is 0 Å². The number of amides is 1. The van der Waals surface area contributed by atoms with Crippen molar-refractivity contribution in [2.24, 2.45) is 11.7 Å². The fraction of sp³-hybridized carbons (Fsp3) is 0.833. The molecule has 0 aromatic rings. The SMILES string of the molecule is CC(C)C[C@H](N)C(=O)N[C@H]1CCCOCC1=O. The van der Waals surface area contributed by atoms with Gasteiger partial charge >= 0.3 is 0 Å². The molecule has 1 saturated heterocycles. The summed E-state index contributed by atoms with van der Waals surface area (Å²) >= 11 is 0. The molecular weight excluding hydrogens is 220 g/mol. The summed E-state index contributed by atoms with van der Waals surface area (Å²) < 4.78 is 5.11. The molecule has 1 heterocycles. The normalized spacial score (nSPS) is 23.3. The first-order chi connectivity index (χ1) is 8.00. The van der Waals surface area contributed by atoms with Crippen LogP contribution in [0.25, 0.3) is 0 Å². The van der Waals surface area contributed by atoms with Crippen LogP contribution in [0, 0.1) is 5.92 Å². The molecule has 0 bridgehead atoms. The fourth-order valence-electron chi connectivity index (χ4n) is 1.87. The molecule has 98 valence electrons. The van der Waals surface area contributed by atoms with Gasteiger partial charge < -0.3 is 15.8 Å². The number of Topliss-reactive ketones (excluding diaryl/α,β-unsaturated/α-hetero) is 1. The molecule has 1 aliphatic heterocycles. The van der Waals surface area contributed by atoms with Crippen molar-refractivity contribution in [1.82, 2.24) is 5.32 Å². The van der Waals surface area contributed by atoms with Crippen molar-refractivity contribution in [3.05, 3.63) is 0 Å². The molecule has 0 aliphatic carbocycles. The first-order valence-corrected chi connectivity index (χ1v) is 6.17. The molecule has 0 spiro atoms. The average molecular weight is 242 g/mol. The largest absolute Gasteiger partial charge is 0.374 e. The van der Waals surface area contributed by atoms with Gasteiger partial charge in [0.2, 0.25) is 5.91 Å². The Morgan fingerprint density at radius 2 is 2.29 bits per heavy atom. The minimum Gasteiger partial charge on any atom is -0.374 e. The lowest BCUT2D eigenvalue weighted by molar-refractivity contribution is -0.130. The van der Waals surface area contributed by atoms with E-state index in [4.69, 9.17) is 10.5 Å². The topological polar surface area (TPSA) is 81.4 Å². The standard InChI is InChI=1S/C12H22N2O3/c1-8(2)6-9(13)12(16)14-10-4-3-5-17-7-11(10)15/h8-10H,3-7,13H2,1-2H3,(H,14,16)/t9-,10-/m0/s1. The minimum atomic E-state index is -0.535. The van der Waals surface area contributed by atoms with E-state index in [1.165, 1.54) is 0 Å². The van der Waals surface area contributed by atoms with Crippen molar-refractivity contribution in [2.45, 2.75) is 45.2 Å². The van der Waals surface area contributed by atoms with Gasteiger partial charge in [-0.25, -0.2) is 0 Å². The van der Waals surface area contributed by atoms with Crippen LogP contribution in [0.1, 0.15) is 33.1 Å². The maximum atomic E-state index is 11.8. The van der Waals surface area contributed by atoms with Crippen LogP contribution < -0.4 is 11.1 Å². The van der Waals surface area contributed by atoms with Gasteiger partial charge in [0.25, 0.3) is 0 Å². The van der Waals surface area contributed by atoms with Gasteiger partial charge in [0, 0.05) is 6.61 Å². The molecule has 1 amide bonds. The van der Waals surface area contributed by atoms with Gasteiger partial charge in [-0.15, -0.1) is 0 Å². The second-order valence-electron chi connectivity index (χ2n) is 4.96. The molecule has 0 aromatic carbocycles. The van der Waals surface area contributed by atoms with Crippen LogP contribution in [-0.4, -0.2) is 37.0 Å². The van der Waals surface area contributed by atoms with E-state index in [-0.39, 0.29) is 18.3 Å². The quantitative estimate of drug-likeness (QED) is 0.739. The number of ketones is 1. The van der Waals surface area contributed by atoms with E-state index in [1.807, 2.05) is 13.8 Å². The van der Waals surface area contributed by atoms with Crippen LogP contribution in [0.3, 0.4) is 0 Å². The smallest absolute Gasteiger partial charge is 0.237 e. The summed E-state index contributed by atoms with van der Waals surface area (Å²) in [5.74, 6) is 0.0652. The van der Waals surface area contributed by atoms with Crippen molar-refractivity contribution < 1.29 is 14.3 Å². The van der Waals surface area contributed by atoms with Gasteiger partial charge in [-0.1, -0.05) is 13.8 Å². The predicted octanol–water partition coefficient (Wildman–Crippen LogP) is 0.224. The molecule has 1 fully saturated rings. The Balaban J connectivity index is 2.45. The molecule has 0 saturated carbocycles. The Hall–Kier alpha value is -0.940. The van der Waals surface area contributed by atoms with Crippen LogP contribution in [0.2, 0.25) is 0 Å². The zero-order valence-electron chi connectivity index (χ0n) is 10.6. The van der Waals surface area contributed by atoms with E-state index < -0.39 is 12.1 Å². The Kier molecular flexibility index (Phi) is 5.58. The molecule has 0 unspecified atom stereocenters. The lowest BCUT2D eigenvalue weighted by Crippen LogP contribution is -2.49. The summed E-state index contributed by atoms with van der Waals surface area (Å²) in [5, 5.41) is 2.72. The number of rotatable bonds is 4. The Bertz CT molecular complexity index is 279. The minimum absolute atomic E-state index is 0.0624. The van der Waals surface area contributed by atoms with Gasteiger partial charge in [0.05, 0.1) is 12.1 Å². The summed E-state index contributed by atoms with van der Waals surface area (Å²) in [6.45, 7) is 4.69. The molecule has 0 aromatic heterocycles. The highest BCUT2D eigenvalue weighted by Gasteiger charge is 2.25. The third-order valence-corrected chi connectivity index (χ3v) is 2.79. The van der Waals surface area contributed by atoms with Crippen molar-refractivity contribution in [3.63, 3.8) is 0 Å². The van der Waals surface area contributed by atoms with E-state index in [1.54, 1.807) is 0 Å². The van der Waals surface area contributed by atoms with E-state index >= 15 is 0 Å². The Morgan fingerprint density at radius 1 is 1.59 bits per heavy atom. The van der Waals surface area contributed by atoms with Gasteiger partial charge in [-0.3, -0.25) is 9.59 Å². The van der Waals surface area contributed by atoms with Gasteiger partial charge in [0.15, 0.2) is 5.78 Å². The van der Waals surface area contributed by atoms with Crippen molar-refractivity contribution in [3.8, 4) is 0 Å². The van der Waals surface area contributed by atoms with E-state index in [9.17, 15) is 9.59 Å². The lowest BCUT2D eigenvalue weighted by Gasteiger charge is -2.19. The number of carbonyl (C=O) groups excluding carboxylic acids is 2. The predicted molar refractivity (Wildman–Crippen MR) is 64.4 cm³/mol. The molecule has 17 heavy (non-hydrogen) atoms. The number of hydrogen-bond acceptors (Lipinski definition) is 4. The number of hydrogen-bond donors (Lipinski definition) is 2. The molecule has 0 radical (unpaired) electrons. The molecule has 1 aliphatic rings. The third-order valence-electron chi connectivity index (χ3n) is 2.79. The monoisotopic (exact) mass is 242 g/mol. The maximum Gasteiger partial charge on any atom is 0.237 e. The number of carbonyl (C=O) groups is 2. The summed E-state index contributed by atoms with van der Waals surface area (Å²) in [5.41, 5.74) is 5.77. The lowest BCUT2D eigenvalue weighted by atomic mass is 10.0. The molecule has 2 atom stereocenters. The third kappa shape index (κ3) is 4.83. The number of ether oxygens (including phenoxy) is 1. The van der Waals surface area contributed by atoms with E-state index in [2.05, 4.69) is 5.32 Å². The highest BCUT2D eigenvalue weighted by atomic mass is 16.5. The zero-order valence-corrected chi connectivity index (χ0v) is 10.6. The zero-order chi connectivity index (χ0) is 12.8. The van der Waals surface area contributed by atoms with Crippen molar-refractivity contribution in [2.75, 3.05) is 13.2 Å². The second-order valence-corrected chi connectivity index (χ2v) is 4.96. The van der Waals surface area contributed by atoms with Gasteiger partial charge in [-0.2, -0.15) is 0 Å². The van der Waals surface area contributed by atoms with Gasteiger partial charge in [0.1, 0.15) is 6.61 Å². The first kappa shape index (κ1) is 14.1. The molecule has 3 N–H and O–H groups in total. The van der Waals surface area contributed by atoms with Crippen LogP contribution in [0.5, 0.6) is 0 Å². The number of nitrogens with one attached hydrogen (secondary N) is 1. The molecule has 5 heteroatoms. The summed E-state index contributed by atoms with van der Waals surface area (Å²) in [6.07, 6.45) is 2.05. The van der Waals surface area contributed by atoms with Crippen LogP contribution >= 0.6 is 0 Å². The summed E-state index contributed by atoms with van der Waals surface area (Å²) in [6, 6.07) is -0.963. The highest BCUT2D eigenvalue weighted by molar-refractivity contribution is 5.91. The number of nitrogens with two attached hydrogens (primary N) is 1. The van der Waals surface area contributed by atoms with Crippen LogP contribution in [-0.2, 0) is 14.3 Å². The Morgan fingerprint density at radius 3 is 2.94 bits per heavy atom. The summed E-state index contributed by atoms with van der Waals surface area (Å²) in [7, 11) is 0. The van der Waals surface area contributed by atoms with Crippen molar-refractivity contribution >= 4 is 11.7 Å². The van der Waals surface area contributed by atoms with E-state index in [0.29, 0.717) is 25.4 Å². The maximum absolute atomic E-state index is 11.8. The molecular formula is C12H22N2O3. The molecule has 5 nitrogen and oxygen atoms in total. The summed E-state index contributed by atoms with van der Waals surface area (Å²) in [4.78, 5) is 23.4. The average Bonchev–Trinajstić information content (AvgIpc) is 2.43. The molecule has 1 rings (SSSR count). The van der Waals surface area contributed by atoms with E-state index in [0.717, 1.165) is 6.42 Å². The highest BCUT2D eigenvalue weighted by Crippen LogP contribution is 2.07. The second kappa shape index (κ2) is 6.71. The first-order valence-electron chi connectivity index (χ1n) is 6.17. The van der Waals surface area contributed by atoms with Crippen LogP contribution in [0.15, 0.2) is 0 Å². The van der Waals surface area contributed by atoms with Gasteiger partial charge in [-0.05, 0) is 25.2 Å². The van der Waals surface area contributed by atoms with Crippen molar-refractivity contribution in [1.29, 1.82) is 0 Å².